The molecule has 149 heavy (non-hydrogen) atoms. The number of imidazole rings is 1. The second-order valence-electron chi connectivity index (χ2n) is 38.6. The molecule has 0 radical (unpaired) electrons. The van der Waals surface area contributed by atoms with Gasteiger partial charge in [0.2, 0.25) is 35.0 Å². The maximum absolute atomic E-state index is 12.9. The highest BCUT2D eigenvalue weighted by Gasteiger charge is 2.48. The Morgan fingerprint density at radius 2 is 0.899 bits per heavy atom. The fourth-order valence-corrected chi connectivity index (χ4v) is 19.4. The lowest BCUT2D eigenvalue weighted by molar-refractivity contribution is -0.438. The van der Waals surface area contributed by atoms with Gasteiger partial charge in [0.1, 0.15) is 25.2 Å². The van der Waals surface area contributed by atoms with Crippen LogP contribution < -0.4 is 30.9 Å². The number of amides is 2. The number of nitrogen functional groups attached to an aromatic ring is 1. The summed E-state index contributed by atoms with van der Waals surface area (Å²) >= 11 is 0. The standard InChI is InChI=1S/C60H71N9O11S.C50H65N7O10S/c1-42-15-25-50-48(36-42)59(2,3)53(68(50)28-29-76-30-31-77-32-33-78-34-35-79-39-44-20-22-46(23-21-44)69(71)72)13-9-6-8-12-52-60(4,5)49-37-47(81(73,74)75)24-26-51(49)67(52)27-11-7-10-14-54(70)62-38-43-16-18-45(19-17-43)40-80-57-55-56(64-41-63-55)65-58(61)66-57;1-38-16-22-44-42(35-38)49(2,3)47(56(44)27-28-64-29-30-65-31-32-66-33-34-67-37-39-17-19-40(20-18-39)57(59)60)14-9-6-8-13-46-50(4,5)43-36-41(68(61,62)63)21-23-45(43)55(46)26-11-7-10-15-48(58)52-24-12-25-53-54-51/h6,8-9,12-13,15-26,36-37,41H,7,10-11,14,27-35,38-40H2,1-5H3,(H4-,61,62,63,64,65,66,70,73,74,75);6,8-9,13-14,16-23,35-36H,7,10-12,15,24-34,37H2,1-5H3,(H-,52,58,61,62,63)/p+2. The largest absolute Gasteiger partial charge is 0.471 e. The fraction of sp³-hybridized carbons (Fsp3) is 0.427. The SMILES string of the molecule is Cc1ccc2c(c1)C(C)(C)C(=CC=CC=CC1=[N+](CCCCCC(=O)NCCCN=[N+]=[N-])c3ccc(S(=O)(=O)O)cc3C1(C)C)N2CCOCCOCCOCCOCc1ccc([N+](=O)[O-])cc1.Cc1ccc2c(c1)C(C)(C)C(=CC=CC=CC1=[N+](CCCCCC(=O)NCc3ccc(COc4nc(N)nc5nc[nH]c45)cc3)c3ccc(S(=O)(=O)O)cc3C1(C)C)N2CCOCCOCCOCCOCc1ccc([N+](=O)[O-])cc1. The molecule has 7 N–H and O–H groups in total. The number of carbonyl (C=O) groups is 2. The van der Waals surface area contributed by atoms with Crippen molar-refractivity contribution in [3.63, 3.8) is 0 Å². The Morgan fingerprint density at radius 3 is 1.33 bits per heavy atom. The quantitative estimate of drug-likeness (QED) is 0.00237. The van der Waals surface area contributed by atoms with Gasteiger partial charge in [0.15, 0.2) is 17.1 Å². The van der Waals surface area contributed by atoms with Gasteiger partial charge in [0, 0.05) is 157 Å². The average Bonchev–Trinajstić information content (AvgIpc) is 1.58. The first kappa shape index (κ1) is 114. The summed E-state index contributed by atoms with van der Waals surface area (Å²) in [7, 11) is -8.84. The molecule has 0 unspecified atom stereocenters. The van der Waals surface area contributed by atoms with Crippen LogP contribution in [-0.2, 0) is 116 Å². The Kier molecular flexibility index (Phi) is 42.0. The van der Waals surface area contributed by atoms with Gasteiger partial charge in [-0.1, -0.05) is 129 Å². The third-order valence-corrected chi connectivity index (χ3v) is 28.1. The van der Waals surface area contributed by atoms with Crippen LogP contribution in [0.15, 0.2) is 239 Å². The van der Waals surface area contributed by atoms with Gasteiger partial charge in [0.25, 0.3) is 31.6 Å². The van der Waals surface area contributed by atoms with E-state index in [4.69, 9.17) is 53.9 Å². The molecule has 0 aliphatic carbocycles. The summed E-state index contributed by atoms with van der Waals surface area (Å²) in [5, 5.41) is 31.0. The van der Waals surface area contributed by atoms with Crippen molar-refractivity contribution < 1.29 is 97.2 Å². The summed E-state index contributed by atoms with van der Waals surface area (Å²) in [6.07, 6.45) is 28.0. The van der Waals surface area contributed by atoms with Gasteiger partial charge >= 0.3 is 0 Å². The number of aromatic amines is 1. The highest BCUT2D eigenvalue weighted by molar-refractivity contribution is 7.86. The topological polar surface area (TPSA) is 478 Å². The summed E-state index contributed by atoms with van der Waals surface area (Å²) in [6, 6.07) is 42.9. The minimum Gasteiger partial charge on any atom is -0.471 e. The smallest absolute Gasteiger partial charge is 0.294 e. The Morgan fingerprint density at radius 1 is 0.490 bits per heavy atom. The number of nitro benzene ring substituents is 2. The molecule has 7 aromatic carbocycles. The number of non-ortho nitro benzene ring substituents is 2. The number of benzene rings is 7. The summed E-state index contributed by atoms with van der Waals surface area (Å²) in [5.74, 6) is 0.327. The number of nitrogens with one attached hydrogen (secondary N) is 3. The number of ether oxygens (including phenoxy) is 9. The molecule has 4 aliphatic heterocycles. The Balaban J connectivity index is 0.000000269. The number of aromatic nitrogens is 4. The number of nitrogens with two attached hydrogens (primary N) is 1. The lowest BCUT2D eigenvalue weighted by Gasteiger charge is -2.27. The van der Waals surface area contributed by atoms with Crippen LogP contribution in [0.2, 0.25) is 0 Å². The number of fused-ring (bicyclic) bond motifs is 5. The molecule has 0 saturated carbocycles. The van der Waals surface area contributed by atoms with Crippen LogP contribution in [0.4, 0.5) is 40.1 Å². The Labute approximate surface area is 870 Å². The third-order valence-electron chi connectivity index (χ3n) is 26.4. The van der Waals surface area contributed by atoms with Gasteiger partial charge in [0.05, 0.1) is 143 Å². The van der Waals surface area contributed by atoms with Crippen molar-refractivity contribution in [3.05, 3.63) is 310 Å². The van der Waals surface area contributed by atoms with Crippen LogP contribution in [0, 0.1) is 34.1 Å². The number of hydrogen-bond donors (Lipinski definition) is 6. The first-order valence-electron chi connectivity index (χ1n) is 50.2. The molecule has 4 aliphatic rings. The maximum Gasteiger partial charge on any atom is 0.294 e. The molecule has 37 nitrogen and oxygen atoms in total. The van der Waals surface area contributed by atoms with E-state index < -0.39 is 40.9 Å². The predicted octanol–water partition coefficient (Wildman–Crippen LogP) is 18.3. The van der Waals surface area contributed by atoms with Crippen molar-refractivity contribution in [3.8, 4) is 5.88 Å². The summed E-state index contributed by atoms with van der Waals surface area (Å²) in [6.45, 7) is 32.1. The minimum absolute atomic E-state index is 0.0348. The lowest BCUT2D eigenvalue weighted by Crippen LogP contribution is -2.29. The molecule has 0 spiro atoms. The molecule has 0 fully saturated rings. The second-order valence-corrected chi connectivity index (χ2v) is 41.4. The molecule has 2 aromatic heterocycles. The van der Waals surface area contributed by atoms with E-state index in [1.54, 1.807) is 48.5 Å². The van der Waals surface area contributed by atoms with Gasteiger partial charge in [-0.05, 0) is 185 Å². The summed E-state index contributed by atoms with van der Waals surface area (Å²) in [5.41, 5.74) is 31.9. The zero-order valence-electron chi connectivity index (χ0n) is 86.5. The fourth-order valence-electron chi connectivity index (χ4n) is 18.4. The van der Waals surface area contributed by atoms with Crippen LogP contribution in [0.5, 0.6) is 5.88 Å². The van der Waals surface area contributed by atoms with Gasteiger partial charge in [-0.3, -0.25) is 38.9 Å². The molecular weight excluding hydrogens is 1950 g/mol. The summed E-state index contributed by atoms with van der Waals surface area (Å²) in [4.78, 5) is 68.5. The van der Waals surface area contributed by atoms with Crippen molar-refractivity contribution >= 4 is 94.7 Å². The molecule has 0 atom stereocenters. The highest BCUT2D eigenvalue weighted by atomic mass is 32.2. The lowest BCUT2D eigenvalue weighted by atomic mass is 9.81. The van der Waals surface area contributed by atoms with Crippen molar-refractivity contribution in [1.29, 1.82) is 0 Å². The number of nitrogens with zero attached hydrogens (tertiary/aromatic N) is 12. The maximum atomic E-state index is 12.9. The number of rotatable bonds is 59. The van der Waals surface area contributed by atoms with Gasteiger partial charge in [-0.25, -0.2) is 4.98 Å². The van der Waals surface area contributed by atoms with Gasteiger partial charge in [-0.2, -0.15) is 36.0 Å². The number of allylic oxidation sites excluding steroid dienone is 12. The van der Waals surface area contributed by atoms with Crippen molar-refractivity contribution in [2.45, 2.75) is 185 Å². The van der Waals surface area contributed by atoms with Crippen molar-refractivity contribution in [2.24, 2.45) is 5.11 Å². The third kappa shape index (κ3) is 32.1. The van der Waals surface area contributed by atoms with Crippen molar-refractivity contribution in [2.75, 3.05) is 147 Å². The van der Waals surface area contributed by atoms with E-state index in [1.807, 2.05) is 74.6 Å². The molecule has 0 saturated heterocycles. The first-order valence-corrected chi connectivity index (χ1v) is 53.1. The monoisotopic (exact) mass is 2080 g/mol. The van der Waals surface area contributed by atoms with E-state index in [1.165, 1.54) is 65.0 Å². The number of azide groups is 1. The molecule has 39 heteroatoms. The van der Waals surface area contributed by atoms with E-state index >= 15 is 0 Å². The van der Waals surface area contributed by atoms with Crippen LogP contribution in [0.1, 0.15) is 169 Å². The minimum atomic E-state index is -4.43. The Hall–Kier alpha value is -13.4. The number of H-pyrrole nitrogens is 1. The molecule has 794 valence electrons. The molecule has 2 amide bonds. The number of nitro groups is 2. The number of hydrogen-bond acceptors (Lipinski definition) is 26. The van der Waals surface area contributed by atoms with E-state index in [0.717, 1.165) is 105 Å². The number of aryl methyl sites for hydroxylation is 2. The highest BCUT2D eigenvalue weighted by Crippen LogP contribution is 2.51. The van der Waals surface area contributed by atoms with Crippen LogP contribution in [-0.4, -0.2) is 220 Å². The molecule has 0 bridgehead atoms. The summed E-state index contributed by atoms with van der Waals surface area (Å²) < 4.78 is 125. The normalized spacial score (nSPS) is 15.4. The molecule has 9 aromatic rings. The van der Waals surface area contributed by atoms with Crippen LogP contribution in [0.3, 0.4) is 0 Å². The first-order chi connectivity index (χ1) is 71.4. The van der Waals surface area contributed by atoms with Gasteiger partial charge < -0.3 is 73.8 Å². The average molecular weight is 2080 g/mol. The number of anilines is 3. The van der Waals surface area contributed by atoms with E-state index in [2.05, 4.69) is 176 Å². The van der Waals surface area contributed by atoms with Crippen LogP contribution in [0.25, 0.3) is 21.6 Å². The van der Waals surface area contributed by atoms with Crippen molar-refractivity contribution in [1.82, 2.24) is 30.6 Å². The zero-order chi connectivity index (χ0) is 107. The van der Waals surface area contributed by atoms with Gasteiger partial charge in [-0.15, -0.1) is 0 Å². The second kappa shape index (κ2) is 54.7. The van der Waals surface area contributed by atoms with E-state index in [9.17, 15) is 55.8 Å². The zero-order valence-corrected chi connectivity index (χ0v) is 88.1. The molecule has 6 heterocycles. The van der Waals surface area contributed by atoms with E-state index in [-0.39, 0.29) is 56.4 Å². The van der Waals surface area contributed by atoms with E-state index in [0.29, 0.717) is 201 Å². The number of unbranched alkanes of at least 4 members (excludes halogenated alkanes) is 4. The number of carbonyl (C=O) groups excluding carboxylic acids is 2. The predicted molar refractivity (Wildman–Crippen MR) is 572 cm³/mol. The van der Waals surface area contributed by atoms with Crippen LogP contribution >= 0.6 is 0 Å². The Bertz CT molecular complexity index is 6690. The molecule has 13 rings (SSSR count). The molecular formula is C110H138N16O21S2+2.